The van der Waals surface area contributed by atoms with Crippen LogP contribution in [0.15, 0.2) is 24.3 Å². The molecule has 0 fully saturated rings. The summed E-state index contributed by atoms with van der Waals surface area (Å²) in [6.45, 7) is 2.55. The van der Waals surface area contributed by atoms with E-state index in [1.54, 1.807) is 4.90 Å². The van der Waals surface area contributed by atoms with Gasteiger partial charge < -0.3 is 15.0 Å². The van der Waals surface area contributed by atoms with Crippen molar-refractivity contribution in [3.05, 3.63) is 24.3 Å². The summed E-state index contributed by atoms with van der Waals surface area (Å²) in [6.07, 6.45) is 0. The molecule has 0 aliphatic heterocycles. The Morgan fingerprint density at radius 2 is 1.95 bits per heavy atom. The number of hydrogen-bond donors (Lipinski definition) is 3. The highest BCUT2D eigenvalue weighted by Crippen LogP contribution is 2.21. The molecular weight excluding hydrogens is 270 g/mol. The van der Waals surface area contributed by atoms with Gasteiger partial charge in [0.25, 0.3) is 0 Å². The zero-order chi connectivity index (χ0) is 15.2. The third kappa shape index (κ3) is 3.93. The summed E-state index contributed by atoms with van der Waals surface area (Å²) in [4.78, 5) is 14.4. The minimum absolute atomic E-state index is 0.289. The predicted octanol–water partition coefficient (Wildman–Crippen LogP) is 1.37. The molecule has 0 bridgehead atoms. The maximum atomic E-state index is 5.46. The van der Waals surface area contributed by atoms with E-state index < -0.39 is 0 Å². The molecule has 8 nitrogen and oxygen atoms in total. The van der Waals surface area contributed by atoms with Crippen molar-refractivity contribution in [2.75, 3.05) is 36.3 Å². The van der Waals surface area contributed by atoms with Crippen LogP contribution in [0.2, 0.25) is 0 Å². The largest absolute Gasteiger partial charge is 0.494 e. The summed E-state index contributed by atoms with van der Waals surface area (Å²) in [5, 5.41) is 3.11. The smallest absolute Gasteiger partial charge is 0.243 e. The van der Waals surface area contributed by atoms with Gasteiger partial charge in [-0.2, -0.15) is 15.0 Å². The number of nitrogens with zero attached hydrogens (tertiary/aromatic N) is 4. The lowest BCUT2D eigenvalue weighted by molar-refractivity contribution is 0.340. The molecule has 1 aromatic heterocycles. The van der Waals surface area contributed by atoms with Crippen LogP contribution in [0.3, 0.4) is 0 Å². The zero-order valence-electron chi connectivity index (χ0n) is 12.3. The zero-order valence-corrected chi connectivity index (χ0v) is 12.3. The third-order valence-electron chi connectivity index (χ3n) is 2.55. The highest BCUT2D eigenvalue weighted by Gasteiger charge is 2.08. The van der Waals surface area contributed by atoms with Gasteiger partial charge in [0, 0.05) is 25.8 Å². The highest BCUT2D eigenvalue weighted by atomic mass is 16.5. The van der Waals surface area contributed by atoms with Gasteiger partial charge in [-0.1, -0.05) is 6.07 Å². The maximum Gasteiger partial charge on any atom is 0.243 e. The topological polar surface area (TPSA) is 101 Å². The van der Waals surface area contributed by atoms with Gasteiger partial charge >= 0.3 is 0 Å². The van der Waals surface area contributed by atoms with E-state index in [9.17, 15) is 0 Å². The molecule has 0 amide bonds. The van der Waals surface area contributed by atoms with Gasteiger partial charge in [0.05, 0.1) is 6.61 Å². The van der Waals surface area contributed by atoms with E-state index in [-0.39, 0.29) is 5.95 Å². The number of benzene rings is 1. The quantitative estimate of drug-likeness (QED) is 0.541. The van der Waals surface area contributed by atoms with Crippen molar-refractivity contribution in [2.45, 2.75) is 6.92 Å². The Bertz CT molecular complexity index is 603. The minimum Gasteiger partial charge on any atom is -0.494 e. The molecule has 0 unspecified atom stereocenters. The maximum absolute atomic E-state index is 5.46. The van der Waals surface area contributed by atoms with E-state index in [1.165, 1.54) is 0 Å². The molecule has 112 valence electrons. The van der Waals surface area contributed by atoms with E-state index in [0.29, 0.717) is 18.5 Å². The second-order valence-corrected chi connectivity index (χ2v) is 4.41. The standard InChI is InChI=1S/C13H19N7O/c1-4-21-10-7-5-6-9(8-10)15-11-16-12(19-14)18-13(17-11)20(2)3/h5-8H,4,14H2,1-3H3,(H2,15,16,17,18,19). The van der Waals surface area contributed by atoms with Gasteiger partial charge in [0.1, 0.15) is 5.75 Å². The second-order valence-electron chi connectivity index (χ2n) is 4.41. The van der Waals surface area contributed by atoms with Gasteiger partial charge in [-0.05, 0) is 19.1 Å². The molecule has 4 N–H and O–H groups in total. The molecule has 0 saturated heterocycles. The molecule has 21 heavy (non-hydrogen) atoms. The van der Waals surface area contributed by atoms with E-state index in [4.69, 9.17) is 10.6 Å². The summed E-state index contributed by atoms with van der Waals surface area (Å²) < 4.78 is 5.46. The fourth-order valence-electron chi connectivity index (χ4n) is 1.64. The lowest BCUT2D eigenvalue weighted by atomic mass is 10.3. The summed E-state index contributed by atoms with van der Waals surface area (Å²) in [6, 6.07) is 7.55. The lowest BCUT2D eigenvalue weighted by Gasteiger charge is -2.13. The molecule has 1 heterocycles. The first-order valence-corrected chi connectivity index (χ1v) is 6.52. The predicted molar refractivity (Wildman–Crippen MR) is 82.9 cm³/mol. The Balaban J connectivity index is 2.26. The molecule has 0 radical (unpaired) electrons. The van der Waals surface area contributed by atoms with E-state index in [2.05, 4.69) is 25.7 Å². The first-order chi connectivity index (χ1) is 10.1. The van der Waals surface area contributed by atoms with Crippen molar-refractivity contribution < 1.29 is 4.74 Å². The number of hydrogen-bond acceptors (Lipinski definition) is 8. The average molecular weight is 289 g/mol. The van der Waals surface area contributed by atoms with Crippen LogP contribution in [0.1, 0.15) is 6.92 Å². The molecular formula is C13H19N7O. The average Bonchev–Trinajstić information content (AvgIpc) is 2.47. The Morgan fingerprint density at radius 3 is 2.62 bits per heavy atom. The summed E-state index contributed by atoms with van der Waals surface area (Å²) in [5.74, 6) is 7.34. The second kappa shape index (κ2) is 6.71. The van der Waals surface area contributed by atoms with Crippen LogP contribution in [0.4, 0.5) is 23.5 Å². The summed E-state index contributed by atoms with van der Waals surface area (Å²) >= 11 is 0. The number of nitrogens with two attached hydrogens (primary N) is 1. The number of rotatable bonds is 6. The molecule has 0 spiro atoms. The van der Waals surface area contributed by atoms with Crippen LogP contribution in [0.5, 0.6) is 5.75 Å². The molecule has 0 atom stereocenters. The summed E-state index contributed by atoms with van der Waals surface area (Å²) in [7, 11) is 3.68. The van der Waals surface area contributed by atoms with E-state index in [1.807, 2.05) is 45.3 Å². The SMILES string of the molecule is CCOc1cccc(Nc2nc(NN)nc(N(C)C)n2)c1. The van der Waals surface area contributed by atoms with Crippen molar-refractivity contribution in [2.24, 2.45) is 5.84 Å². The molecule has 0 aliphatic rings. The van der Waals surface area contributed by atoms with Gasteiger partial charge in [-0.15, -0.1) is 0 Å². The molecule has 0 aliphatic carbocycles. The first-order valence-electron chi connectivity index (χ1n) is 6.52. The number of anilines is 4. The molecule has 2 aromatic rings. The van der Waals surface area contributed by atoms with Crippen molar-refractivity contribution in [1.29, 1.82) is 0 Å². The highest BCUT2D eigenvalue weighted by molar-refractivity contribution is 5.57. The van der Waals surface area contributed by atoms with E-state index in [0.717, 1.165) is 11.4 Å². The Morgan fingerprint density at radius 1 is 1.19 bits per heavy atom. The van der Waals surface area contributed by atoms with Crippen LogP contribution >= 0.6 is 0 Å². The van der Waals surface area contributed by atoms with Crippen molar-refractivity contribution in [3.63, 3.8) is 0 Å². The fourth-order valence-corrected chi connectivity index (χ4v) is 1.64. The number of nitrogen functional groups attached to an aromatic ring is 1. The van der Waals surface area contributed by atoms with Crippen molar-refractivity contribution >= 4 is 23.5 Å². The normalized spacial score (nSPS) is 10.1. The monoisotopic (exact) mass is 289 g/mol. The molecule has 1 aromatic carbocycles. The van der Waals surface area contributed by atoms with Crippen LogP contribution in [-0.4, -0.2) is 35.7 Å². The van der Waals surface area contributed by atoms with Crippen molar-refractivity contribution in [1.82, 2.24) is 15.0 Å². The van der Waals surface area contributed by atoms with Crippen LogP contribution in [0, 0.1) is 0 Å². The number of hydrazine groups is 1. The lowest BCUT2D eigenvalue weighted by Crippen LogP contribution is -2.18. The first kappa shape index (κ1) is 14.8. The van der Waals surface area contributed by atoms with Gasteiger partial charge in [0.2, 0.25) is 17.8 Å². The van der Waals surface area contributed by atoms with Crippen LogP contribution in [0.25, 0.3) is 0 Å². The third-order valence-corrected chi connectivity index (χ3v) is 2.55. The molecule has 8 heteroatoms. The van der Waals surface area contributed by atoms with Crippen molar-refractivity contribution in [3.8, 4) is 5.75 Å². The van der Waals surface area contributed by atoms with Crippen LogP contribution in [-0.2, 0) is 0 Å². The molecule has 2 rings (SSSR count). The summed E-state index contributed by atoms with van der Waals surface area (Å²) in [5.41, 5.74) is 3.25. The Labute approximate surface area is 123 Å². The number of aromatic nitrogens is 3. The Hall–Kier alpha value is -2.61. The fraction of sp³-hybridized carbons (Fsp3) is 0.308. The van der Waals surface area contributed by atoms with Gasteiger partial charge in [-0.3, -0.25) is 5.43 Å². The minimum atomic E-state index is 0.289. The molecule has 0 saturated carbocycles. The number of nitrogens with one attached hydrogen (secondary N) is 2. The van der Waals surface area contributed by atoms with Gasteiger partial charge in [0.15, 0.2) is 0 Å². The number of ether oxygens (including phenoxy) is 1. The van der Waals surface area contributed by atoms with E-state index >= 15 is 0 Å². The van der Waals surface area contributed by atoms with Gasteiger partial charge in [-0.25, -0.2) is 5.84 Å². The Kier molecular flexibility index (Phi) is 4.72. The van der Waals surface area contributed by atoms with Crippen LogP contribution < -0.4 is 26.2 Å².